The fraction of sp³-hybridized carbons (Fsp3) is 0.150. The molecule has 0 saturated heterocycles. The lowest BCUT2D eigenvalue weighted by molar-refractivity contribution is -0.146. The van der Waals surface area contributed by atoms with Crippen molar-refractivity contribution in [2.75, 3.05) is 0 Å². The second kappa shape index (κ2) is 9.06. The Kier molecular flexibility index (Phi) is 6.81. The normalized spacial score (nSPS) is 11.4. The van der Waals surface area contributed by atoms with E-state index >= 15 is 0 Å². The molecule has 3 rings (SSSR count). The van der Waals surface area contributed by atoms with Gasteiger partial charge in [-0.2, -0.15) is 0 Å². The third-order valence-electron chi connectivity index (χ3n) is 3.79. The van der Waals surface area contributed by atoms with E-state index in [1.807, 2.05) is 60.7 Å². The lowest BCUT2D eigenvalue weighted by atomic mass is 10.0. The molecule has 130 valence electrons. The maximum Gasteiger partial charge on any atom is 0.323 e. The highest BCUT2D eigenvalue weighted by atomic mass is 35.5. The number of nitrogens with two attached hydrogens (primary N) is 1. The topological polar surface area (TPSA) is 65.5 Å². The van der Waals surface area contributed by atoms with E-state index in [1.54, 1.807) is 12.5 Å². The molecule has 1 atom stereocenters. The van der Waals surface area contributed by atoms with Crippen LogP contribution in [0.4, 0.5) is 0 Å². The van der Waals surface area contributed by atoms with Crippen LogP contribution in [-0.2, 0) is 22.6 Å². The number of hydrogen-bond acceptors (Lipinski definition) is 4. The minimum atomic E-state index is -0.673. The predicted molar refractivity (Wildman–Crippen MR) is 99.3 cm³/mol. The Bertz CT molecular complexity index is 770. The van der Waals surface area contributed by atoms with Crippen LogP contribution in [0.3, 0.4) is 0 Å². The molecule has 0 aliphatic heterocycles. The molecule has 1 aromatic heterocycles. The Morgan fingerprint density at radius 1 is 0.960 bits per heavy atom. The molecule has 0 fully saturated rings. The van der Waals surface area contributed by atoms with Crippen molar-refractivity contribution in [1.82, 2.24) is 0 Å². The average molecular weight is 358 g/mol. The van der Waals surface area contributed by atoms with Gasteiger partial charge in [0, 0.05) is 5.56 Å². The van der Waals surface area contributed by atoms with Crippen molar-refractivity contribution in [2.45, 2.75) is 19.1 Å². The Balaban J connectivity index is 0.00000225. The van der Waals surface area contributed by atoms with Gasteiger partial charge in [0.05, 0.1) is 12.5 Å². The summed E-state index contributed by atoms with van der Waals surface area (Å²) in [5, 5.41) is 0. The van der Waals surface area contributed by atoms with Crippen LogP contribution < -0.4 is 5.73 Å². The molecule has 0 bridgehead atoms. The van der Waals surface area contributed by atoms with Gasteiger partial charge in [0.25, 0.3) is 0 Å². The van der Waals surface area contributed by atoms with Crippen LogP contribution in [0.15, 0.2) is 77.6 Å². The summed E-state index contributed by atoms with van der Waals surface area (Å²) in [4.78, 5) is 12.0. The number of carbonyl (C=O) groups is 1. The smallest absolute Gasteiger partial charge is 0.323 e. The molecule has 4 nitrogen and oxygen atoms in total. The zero-order valence-electron chi connectivity index (χ0n) is 13.6. The number of esters is 1. The van der Waals surface area contributed by atoms with Crippen molar-refractivity contribution in [3.8, 4) is 11.1 Å². The Morgan fingerprint density at radius 3 is 2.32 bits per heavy atom. The van der Waals surface area contributed by atoms with Gasteiger partial charge in [0.2, 0.25) is 0 Å². The Hall–Kier alpha value is -2.56. The molecule has 0 spiro atoms. The van der Waals surface area contributed by atoms with Gasteiger partial charge in [-0.05, 0) is 29.2 Å². The van der Waals surface area contributed by atoms with E-state index in [2.05, 4.69) is 0 Å². The predicted octanol–water partition coefficient (Wildman–Crippen LogP) is 3.98. The monoisotopic (exact) mass is 357 g/mol. The number of furan rings is 1. The van der Waals surface area contributed by atoms with Crippen LogP contribution >= 0.6 is 12.4 Å². The molecule has 25 heavy (non-hydrogen) atoms. The van der Waals surface area contributed by atoms with Crippen LogP contribution in [0.5, 0.6) is 0 Å². The molecular formula is C20H20ClNO3. The Morgan fingerprint density at radius 2 is 1.68 bits per heavy atom. The molecule has 0 radical (unpaired) electrons. The van der Waals surface area contributed by atoms with E-state index < -0.39 is 12.0 Å². The minimum absolute atomic E-state index is 0. The molecule has 0 aliphatic carbocycles. The summed E-state index contributed by atoms with van der Waals surface area (Å²) in [5.41, 5.74) is 9.98. The summed E-state index contributed by atoms with van der Waals surface area (Å²) in [6.07, 6.45) is 3.78. The number of rotatable bonds is 6. The molecule has 0 amide bonds. The Labute approximate surface area is 153 Å². The quantitative estimate of drug-likeness (QED) is 0.677. The first-order chi connectivity index (χ1) is 11.7. The van der Waals surface area contributed by atoms with E-state index in [1.165, 1.54) is 0 Å². The van der Waals surface area contributed by atoms with Gasteiger partial charge < -0.3 is 14.9 Å². The number of halogens is 1. The summed E-state index contributed by atoms with van der Waals surface area (Å²) in [7, 11) is 0. The van der Waals surface area contributed by atoms with Gasteiger partial charge in [-0.25, -0.2) is 0 Å². The second-order valence-corrected chi connectivity index (χ2v) is 5.61. The van der Waals surface area contributed by atoms with Crippen molar-refractivity contribution in [3.63, 3.8) is 0 Å². The van der Waals surface area contributed by atoms with Crippen LogP contribution in [-0.4, -0.2) is 12.0 Å². The molecule has 0 aliphatic rings. The minimum Gasteiger partial charge on any atom is -0.472 e. The molecule has 0 saturated carbocycles. The van der Waals surface area contributed by atoms with Gasteiger partial charge in [-0.15, -0.1) is 12.4 Å². The van der Waals surface area contributed by atoms with Gasteiger partial charge >= 0.3 is 5.97 Å². The standard InChI is InChI=1S/C20H19NO3.ClH/c21-19(20(22)24-13-16-4-2-1-3-5-16)12-15-6-8-17(9-7-15)18-10-11-23-14-18;/h1-11,14,19H,12-13,21H2;1H/t19-;/m0./s1. The van der Waals surface area contributed by atoms with E-state index in [4.69, 9.17) is 14.9 Å². The van der Waals surface area contributed by atoms with E-state index in [0.717, 1.165) is 22.3 Å². The number of hydrogen-bond donors (Lipinski definition) is 1. The third-order valence-corrected chi connectivity index (χ3v) is 3.79. The zero-order chi connectivity index (χ0) is 16.8. The third kappa shape index (κ3) is 5.21. The molecule has 2 N–H and O–H groups in total. The van der Waals surface area contributed by atoms with E-state index in [9.17, 15) is 4.79 Å². The largest absolute Gasteiger partial charge is 0.472 e. The van der Waals surface area contributed by atoms with Gasteiger partial charge in [-0.3, -0.25) is 4.79 Å². The summed E-state index contributed by atoms with van der Waals surface area (Å²) < 4.78 is 10.3. The highest BCUT2D eigenvalue weighted by Gasteiger charge is 2.16. The zero-order valence-corrected chi connectivity index (χ0v) is 14.4. The summed E-state index contributed by atoms with van der Waals surface area (Å²) >= 11 is 0. The SMILES string of the molecule is Cl.N[C@@H](Cc1ccc(-c2ccoc2)cc1)C(=O)OCc1ccccc1. The molecule has 5 heteroatoms. The number of benzene rings is 2. The van der Waals surface area contributed by atoms with Gasteiger partial charge in [-0.1, -0.05) is 54.6 Å². The fourth-order valence-electron chi connectivity index (χ4n) is 2.44. The lowest BCUT2D eigenvalue weighted by Crippen LogP contribution is -2.34. The van der Waals surface area contributed by atoms with Crippen LogP contribution in [0.2, 0.25) is 0 Å². The second-order valence-electron chi connectivity index (χ2n) is 5.61. The first kappa shape index (κ1) is 18.8. The summed E-state index contributed by atoms with van der Waals surface area (Å²) in [6, 6.07) is 18.7. The van der Waals surface area contributed by atoms with Crippen LogP contribution in [0, 0.1) is 0 Å². The van der Waals surface area contributed by atoms with Crippen molar-refractivity contribution >= 4 is 18.4 Å². The summed E-state index contributed by atoms with van der Waals surface area (Å²) in [6.45, 7) is 0.243. The van der Waals surface area contributed by atoms with Crippen molar-refractivity contribution in [3.05, 3.63) is 84.3 Å². The maximum atomic E-state index is 12.0. The highest BCUT2D eigenvalue weighted by Crippen LogP contribution is 2.20. The maximum absolute atomic E-state index is 12.0. The molecule has 2 aromatic carbocycles. The average Bonchev–Trinajstić information content (AvgIpc) is 3.16. The first-order valence-electron chi connectivity index (χ1n) is 7.80. The van der Waals surface area contributed by atoms with Crippen LogP contribution in [0.1, 0.15) is 11.1 Å². The summed E-state index contributed by atoms with van der Waals surface area (Å²) in [5.74, 6) is -0.391. The molecule has 3 aromatic rings. The molecule has 1 heterocycles. The number of ether oxygens (including phenoxy) is 1. The van der Waals surface area contributed by atoms with Crippen molar-refractivity contribution in [1.29, 1.82) is 0 Å². The van der Waals surface area contributed by atoms with Crippen molar-refractivity contribution < 1.29 is 13.9 Å². The van der Waals surface area contributed by atoms with Gasteiger partial charge in [0.15, 0.2) is 0 Å². The van der Waals surface area contributed by atoms with Crippen LogP contribution in [0.25, 0.3) is 11.1 Å². The number of carbonyl (C=O) groups excluding carboxylic acids is 1. The lowest BCUT2D eigenvalue weighted by Gasteiger charge is -2.12. The van der Waals surface area contributed by atoms with E-state index in [-0.39, 0.29) is 19.0 Å². The molecule has 0 unspecified atom stereocenters. The molecular weight excluding hydrogens is 338 g/mol. The van der Waals surface area contributed by atoms with Crippen molar-refractivity contribution in [2.24, 2.45) is 5.73 Å². The first-order valence-corrected chi connectivity index (χ1v) is 7.80. The fourth-order valence-corrected chi connectivity index (χ4v) is 2.44. The van der Waals surface area contributed by atoms with Gasteiger partial charge in [0.1, 0.15) is 12.6 Å². The highest BCUT2D eigenvalue weighted by molar-refractivity contribution is 5.85. The van der Waals surface area contributed by atoms with E-state index in [0.29, 0.717) is 6.42 Å².